The summed E-state index contributed by atoms with van der Waals surface area (Å²) in [6, 6.07) is -0.309. The standard InChI is InChI=1S/C13H26N2O/c1-2-6-12(14)13(16)15-10-9-11-7-4-3-5-8-11/h11-12H,2-10,14H2,1H3,(H,15,16)/t12-/m1/s1. The summed E-state index contributed by atoms with van der Waals surface area (Å²) < 4.78 is 0. The SMILES string of the molecule is CCC[C@@H](N)C(=O)NCCC1CCCCC1. The zero-order valence-electron chi connectivity index (χ0n) is 10.5. The second kappa shape index (κ2) is 7.66. The Morgan fingerprint density at radius 3 is 2.69 bits per heavy atom. The lowest BCUT2D eigenvalue weighted by Gasteiger charge is -2.21. The Hall–Kier alpha value is -0.570. The third kappa shape index (κ3) is 4.97. The van der Waals surface area contributed by atoms with Crippen LogP contribution in [0.4, 0.5) is 0 Å². The van der Waals surface area contributed by atoms with Crippen LogP contribution in [-0.2, 0) is 4.79 Å². The summed E-state index contributed by atoms with van der Waals surface area (Å²) in [5, 5.41) is 2.95. The zero-order valence-corrected chi connectivity index (χ0v) is 10.5. The van der Waals surface area contributed by atoms with E-state index in [1.807, 2.05) is 0 Å². The highest BCUT2D eigenvalue weighted by Gasteiger charge is 2.15. The van der Waals surface area contributed by atoms with Crippen LogP contribution >= 0.6 is 0 Å². The van der Waals surface area contributed by atoms with E-state index in [-0.39, 0.29) is 11.9 Å². The van der Waals surface area contributed by atoms with Gasteiger partial charge in [-0.05, 0) is 18.8 Å². The number of carbonyl (C=O) groups is 1. The van der Waals surface area contributed by atoms with Crippen LogP contribution in [-0.4, -0.2) is 18.5 Å². The molecule has 1 saturated carbocycles. The van der Waals surface area contributed by atoms with E-state index in [0.717, 1.165) is 31.7 Å². The molecule has 0 bridgehead atoms. The molecule has 3 heteroatoms. The average Bonchev–Trinajstić information content (AvgIpc) is 2.30. The van der Waals surface area contributed by atoms with Crippen LogP contribution in [0.1, 0.15) is 58.3 Å². The molecule has 3 N–H and O–H groups in total. The summed E-state index contributed by atoms with van der Waals surface area (Å²) in [7, 11) is 0. The van der Waals surface area contributed by atoms with E-state index < -0.39 is 0 Å². The molecule has 0 aliphatic heterocycles. The second-order valence-corrected chi connectivity index (χ2v) is 4.98. The van der Waals surface area contributed by atoms with Crippen LogP contribution in [0.5, 0.6) is 0 Å². The number of carbonyl (C=O) groups excluding carboxylic acids is 1. The van der Waals surface area contributed by atoms with E-state index in [0.29, 0.717) is 0 Å². The van der Waals surface area contributed by atoms with Crippen LogP contribution in [0, 0.1) is 5.92 Å². The third-order valence-electron chi connectivity index (χ3n) is 3.51. The van der Waals surface area contributed by atoms with Gasteiger partial charge in [0.1, 0.15) is 0 Å². The molecule has 1 rings (SSSR count). The van der Waals surface area contributed by atoms with Gasteiger partial charge in [0, 0.05) is 6.54 Å². The zero-order chi connectivity index (χ0) is 11.8. The molecule has 0 aromatic carbocycles. The van der Waals surface area contributed by atoms with E-state index in [9.17, 15) is 4.79 Å². The van der Waals surface area contributed by atoms with Gasteiger partial charge in [-0.25, -0.2) is 0 Å². The Labute approximate surface area is 99.2 Å². The Kier molecular flexibility index (Phi) is 6.46. The molecule has 1 aliphatic rings. The molecule has 0 spiro atoms. The first-order valence-electron chi connectivity index (χ1n) is 6.77. The Morgan fingerprint density at radius 2 is 2.06 bits per heavy atom. The molecule has 0 heterocycles. The maximum absolute atomic E-state index is 11.5. The summed E-state index contributed by atoms with van der Waals surface area (Å²) in [5.41, 5.74) is 5.73. The highest BCUT2D eigenvalue weighted by Crippen LogP contribution is 2.25. The van der Waals surface area contributed by atoms with Crippen molar-refractivity contribution in [2.24, 2.45) is 11.7 Å². The van der Waals surface area contributed by atoms with E-state index in [1.54, 1.807) is 0 Å². The van der Waals surface area contributed by atoms with Crippen LogP contribution in [0.3, 0.4) is 0 Å². The molecule has 0 aromatic heterocycles. The fourth-order valence-corrected chi connectivity index (χ4v) is 2.45. The predicted octanol–water partition coefficient (Wildman–Crippen LogP) is 2.20. The Balaban J connectivity index is 2.07. The van der Waals surface area contributed by atoms with Crippen molar-refractivity contribution >= 4 is 5.91 Å². The molecule has 16 heavy (non-hydrogen) atoms. The summed E-state index contributed by atoms with van der Waals surface area (Å²) in [6.45, 7) is 2.86. The van der Waals surface area contributed by atoms with Crippen molar-refractivity contribution in [2.75, 3.05) is 6.54 Å². The van der Waals surface area contributed by atoms with Crippen molar-refractivity contribution in [3.63, 3.8) is 0 Å². The van der Waals surface area contributed by atoms with Crippen LogP contribution in [0.15, 0.2) is 0 Å². The minimum absolute atomic E-state index is 0.0256. The molecule has 1 fully saturated rings. The van der Waals surface area contributed by atoms with E-state index in [2.05, 4.69) is 12.2 Å². The van der Waals surface area contributed by atoms with Crippen molar-refractivity contribution < 1.29 is 4.79 Å². The van der Waals surface area contributed by atoms with E-state index in [4.69, 9.17) is 5.73 Å². The fourth-order valence-electron chi connectivity index (χ4n) is 2.45. The van der Waals surface area contributed by atoms with Crippen LogP contribution in [0.25, 0.3) is 0 Å². The lowest BCUT2D eigenvalue weighted by Crippen LogP contribution is -2.41. The van der Waals surface area contributed by atoms with Gasteiger partial charge in [-0.3, -0.25) is 4.79 Å². The van der Waals surface area contributed by atoms with Crippen molar-refractivity contribution in [3.8, 4) is 0 Å². The van der Waals surface area contributed by atoms with Gasteiger partial charge < -0.3 is 11.1 Å². The number of nitrogens with one attached hydrogen (secondary N) is 1. The number of rotatable bonds is 6. The average molecular weight is 226 g/mol. The van der Waals surface area contributed by atoms with Gasteiger partial charge in [0.05, 0.1) is 6.04 Å². The maximum Gasteiger partial charge on any atom is 0.236 e. The highest BCUT2D eigenvalue weighted by atomic mass is 16.2. The maximum atomic E-state index is 11.5. The minimum atomic E-state index is -0.309. The topological polar surface area (TPSA) is 55.1 Å². The lowest BCUT2D eigenvalue weighted by atomic mass is 9.87. The van der Waals surface area contributed by atoms with Crippen LogP contribution in [0.2, 0.25) is 0 Å². The molecule has 3 nitrogen and oxygen atoms in total. The third-order valence-corrected chi connectivity index (χ3v) is 3.51. The van der Waals surface area contributed by atoms with Gasteiger partial charge in [-0.2, -0.15) is 0 Å². The quantitative estimate of drug-likeness (QED) is 0.729. The minimum Gasteiger partial charge on any atom is -0.355 e. The van der Waals surface area contributed by atoms with E-state index >= 15 is 0 Å². The molecule has 1 aliphatic carbocycles. The molecule has 94 valence electrons. The largest absolute Gasteiger partial charge is 0.355 e. The summed E-state index contributed by atoms with van der Waals surface area (Å²) in [5.74, 6) is 0.856. The number of hydrogen-bond acceptors (Lipinski definition) is 2. The van der Waals surface area contributed by atoms with Crippen molar-refractivity contribution in [1.29, 1.82) is 0 Å². The van der Waals surface area contributed by atoms with Crippen LogP contribution < -0.4 is 11.1 Å². The van der Waals surface area contributed by atoms with E-state index in [1.165, 1.54) is 32.1 Å². The Morgan fingerprint density at radius 1 is 1.38 bits per heavy atom. The van der Waals surface area contributed by atoms with Gasteiger partial charge in [-0.1, -0.05) is 45.4 Å². The first kappa shape index (κ1) is 13.5. The molecule has 0 radical (unpaired) electrons. The van der Waals surface area contributed by atoms with Gasteiger partial charge >= 0.3 is 0 Å². The molecule has 0 saturated heterocycles. The lowest BCUT2D eigenvalue weighted by molar-refractivity contribution is -0.122. The monoisotopic (exact) mass is 226 g/mol. The van der Waals surface area contributed by atoms with Gasteiger partial charge in [0.2, 0.25) is 5.91 Å². The smallest absolute Gasteiger partial charge is 0.236 e. The van der Waals surface area contributed by atoms with Gasteiger partial charge in [-0.15, -0.1) is 0 Å². The fraction of sp³-hybridized carbons (Fsp3) is 0.923. The van der Waals surface area contributed by atoms with Crippen molar-refractivity contribution in [1.82, 2.24) is 5.32 Å². The molecule has 0 unspecified atom stereocenters. The van der Waals surface area contributed by atoms with Crippen molar-refractivity contribution in [3.05, 3.63) is 0 Å². The van der Waals surface area contributed by atoms with Crippen molar-refractivity contribution in [2.45, 2.75) is 64.3 Å². The normalized spacial score (nSPS) is 19.4. The van der Waals surface area contributed by atoms with Gasteiger partial charge in [0.25, 0.3) is 0 Å². The molecular weight excluding hydrogens is 200 g/mol. The first-order chi connectivity index (χ1) is 7.74. The Bertz CT molecular complexity index is 200. The molecular formula is C13H26N2O. The first-order valence-corrected chi connectivity index (χ1v) is 6.77. The summed E-state index contributed by atoms with van der Waals surface area (Å²) in [6.07, 6.45) is 9.71. The summed E-state index contributed by atoms with van der Waals surface area (Å²) in [4.78, 5) is 11.5. The summed E-state index contributed by atoms with van der Waals surface area (Å²) >= 11 is 0. The number of nitrogens with two attached hydrogens (primary N) is 1. The number of amides is 1. The van der Waals surface area contributed by atoms with Gasteiger partial charge in [0.15, 0.2) is 0 Å². The predicted molar refractivity (Wildman–Crippen MR) is 67.1 cm³/mol. The molecule has 1 atom stereocenters. The second-order valence-electron chi connectivity index (χ2n) is 4.98. The molecule has 0 aromatic rings. The number of hydrogen-bond donors (Lipinski definition) is 2. The highest BCUT2D eigenvalue weighted by molar-refractivity contribution is 5.81. The molecule has 1 amide bonds.